The van der Waals surface area contributed by atoms with Crippen LogP contribution in [0.25, 0.3) is 10.8 Å². The van der Waals surface area contributed by atoms with Crippen LogP contribution in [0.5, 0.6) is 5.75 Å². The standard InChI is InChI=1S/C34H36N2O3/c1-25-18-20-27(21-19-25)23-36(33(37)24-39-32-17-9-13-28-12-5-8-16-30(28)32)31(22-26-10-3-2-4-11-26)34(38)35-29-14-6-7-15-29/h2-5,8-13,16-21,29,31H,6-7,14-15,22-24H2,1H3,(H,35,38). The van der Waals surface area contributed by atoms with Crippen LogP contribution >= 0.6 is 0 Å². The number of nitrogens with zero attached hydrogens (tertiary/aromatic N) is 1. The third-order valence-electron chi connectivity index (χ3n) is 7.55. The zero-order valence-corrected chi connectivity index (χ0v) is 22.5. The van der Waals surface area contributed by atoms with Gasteiger partial charge in [-0.05, 0) is 42.3 Å². The van der Waals surface area contributed by atoms with Gasteiger partial charge in [-0.2, -0.15) is 0 Å². The smallest absolute Gasteiger partial charge is 0.261 e. The molecule has 0 aliphatic heterocycles. The number of rotatable bonds is 10. The highest BCUT2D eigenvalue weighted by molar-refractivity contribution is 5.90. The molecule has 0 bridgehead atoms. The maximum absolute atomic E-state index is 13.9. The molecule has 39 heavy (non-hydrogen) atoms. The molecule has 1 fully saturated rings. The van der Waals surface area contributed by atoms with E-state index in [9.17, 15) is 9.59 Å². The summed E-state index contributed by atoms with van der Waals surface area (Å²) in [6.07, 6.45) is 4.66. The van der Waals surface area contributed by atoms with Crippen molar-refractivity contribution in [1.82, 2.24) is 10.2 Å². The third kappa shape index (κ3) is 6.85. The molecule has 1 atom stereocenters. The second-order valence-electron chi connectivity index (χ2n) is 10.5. The number of nitrogens with one attached hydrogen (secondary N) is 1. The topological polar surface area (TPSA) is 58.6 Å². The Bertz CT molecular complexity index is 1390. The van der Waals surface area contributed by atoms with Gasteiger partial charge in [0.05, 0.1) is 0 Å². The maximum Gasteiger partial charge on any atom is 0.261 e. The fourth-order valence-electron chi connectivity index (χ4n) is 5.36. The molecule has 0 aromatic heterocycles. The van der Waals surface area contributed by atoms with E-state index in [-0.39, 0.29) is 24.5 Å². The first-order valence-corrected chi connectivity index (χ1v) is 13.9. The Morgan fingerprint density at radius 2 is 1.54 bits per heavy atom. The molecular weight excluding hydrogens is 484 g/mol. The van der Waals surface area contributed by atoms with E-state index >= 15 is 0 Å². The third-order valence-corrected chi connectivity index (χ3v) is 7.55. The SMILES string of the molecule is Cc1ccc(CN(C(=O)COc2cccc3ccccc23)C(Cc2ccccc2)C(=O)NC2CCCC2)cc1. The molecule has 0 spiro atoms. The molecule has 5 rings (SSSR count). The van der Waals surface area contributed by atoms with Crippen LogP contribution in [0.15, 0.2) is 97.1 Å². The molecule has 0 saturated heterocycles. The number of fused-ring (bicyclic) bond motifs is 1. The van der Waals surface area contributed by atoms with Crippen molar-refractivity contribution in [2.24, 2.45) is 0 Å². The minimum atomic E-state index is -0.655. The summed E-state index contributed by atoms with van der Waals surface area (Å²) in [5.41, 5.74) is 3.14. The number of benzene rings is 4. The lowest BCUT2D eigenvalue weighted by molar-refractivity contribution is -0.143. The first-order chi connectivity index (χ1) is 19.1. The fraction of sp³-hybridized carbons (Fsp3) is 0.294. The van der Waals surface area contributed by atoms with Gasteiger partial charge in [-0.25, -0.2) is 0 Å². The van der Waals surface area contributed by atoms with Crippen molar-refractivity contribution < 1.29 is 14.3 Å². The molecule has 0 heterocycles. The molecule has 1 aliphatic carbocycles. The number of carbonyl (C=O) groups excluding carboxylic acids is 2. The van der Waals surface area contributed by atoms with E-state index in [1.165, 1.54) is 0 Å². The van der Waals surface area contributed by atoms with Crippen molar-refractivity contribution in [3.8, 4) is 5.75 Å². The van der Waals surface area contributed by atoms with Gasteiger partial charge in [0.25, 0.3) is 5.91 Å². The van der Waals surface area contributed by atoms with Gasteiger partial charge in [0.2, 0.25) is 5.91 Å². The summed E-state index contributed by atoms with van der Waals surface area (Å²) in [5, 5.41) is 5.26. The number of hydrogen-bond donors (Lipinski definition) is 1. The molecule has 0 radical (unpaired) electrons. The fourth-order valence-corrected chi connectivity index (χ4v) is 5.36. The largest absolute Gasteiger partial charge is 0.483 e. The average Bonchev–Trinajstić information content (AvgIpc) is 3.48. The molecule has 4 aromatic rings. The molecule has 2 amide bonds. The minimum absolute atomic E-state index is 0.101. The Balaban J connectivity index is 1.43. The Labute approximate surface area is 230 Å². The van der Waals surface area contributed by atoms with Gasteiger partial charge >= 0.3 is 0 Å². The van der Waals surface area contributed by atoms with Crippen molar-refractivity contribution in [1.29, 1.82) is 0 Å². The van der Waals surface area contributed by atoms with E-state index in [0.29, 0.717) is 18.7 Å². The van der Waals surface area contributed by atoms with Crippen LogP contribution in [0.2, 0.25) is 0 Å². The van der Waals surface area contributed by atoms with Crippen LogP contribution in [0.3, 0.4) is 0 Å². The first-order valence-electron chi connectivity index (χ1n) is 13.9. The van der Waals surface area contributed by atoms with E-state index in [2.05, 4.69) is 5.32 Å². The van der Waals surface area contributed by atoms with Gasteiger partial charge < -0.3 is 15.0 Å². The molecule has 200 valence electrons. The van der Waals surface area contributed by atoms with Crippen LogP contribution in [0.4, 0.5) is 0 Å². The molecular formula is C34H36N2O3. The highest BCUT2D eigenvalue weighted by Crippen LogP contribution is 2.26. The summed E-state index contributed by atoms with van der Waals surface area (Å²) in [4.78, 5) is 29.4. The van der Waals surface area contributed by atoms with Gasteiger partial charge in [-0.3, -0.25) is 9.59 Å². The van der Waals surface area contributed by atoms with Crippen molar-refractivity contribution in [2.75, 3.05) is 6.61 Å². The van der Waals surface area contributed by atoms with Crippen LogP contribution in [-0.2, 0) is 22.6 Å². The summed E-state index contributed by atoms with van der Waals surface area (Å²) in [6, 6.07) is 31.4. The van der Waals surface area contributed by atoms with Gasteiger partial charge in [0, 0.05) is 24.4 Å². The van der Waals surface area contributed by atoms with E-state index in [0.717, 1.165) is 53.1 Å². The number of hydrogen-bond acceptors (Lipinski definition) is 3. The van der Waals surface area contributed by atoms with E-state index in [1.807, 2.05) is 104 Å². The minimum Gasteiger partial charge on any atom is -0.483 e. The van der Waals surface area contributed by atoms with E-state index < -0.39 is 6.04 Å². The average molecular weight is 521 g/mol. The highest BCUT2D eigenvalue weighted by atomic mass is 16.5. The van der Waals surface area contributed by atoms with Gasteiger partial charge in [0.15, 0.2) is 6.61 Å². The lowest BCUT2D eigenvalue weighted by Gasteiger charge is -2.32. The van der Waals surface area contributed by atoms with Crippen molar-refractivity contribution in [3.63, 3.8) is 0 Å². The number of aryl methyl sites for hydroxylation is 1. The summed E-state index contributed by atoms with van der Waals surface area (Å²) in [7, 11) is 0. The second-order valence-corrected chi connectivity index (χ2v) is 10.5. The molecule has 1 N–H and O–H groups in total. The predicted molar refractivity (Wildman–Crippen MR) is 156 cm³/mol. The normalized spacial score (nSPS) is 14.2. The predicted octanol–water partition coefficient (Wildman–Crippen LogP) is 6.23. The van der Waals surface area contributed by atoms with Crippen LogP contribution in [0, 0.1) is 6.92 Å². The summed E-state index contributed by atoms with van der Waals surface area (Å²) < 4.78 is 6.11. The van der Waals surface area contributed by atoms with Crippen molar-refractivity contribution in [3.05, 3.63) is 114 Å². The lowest BCUT2D eigenvalue weighted by atomic mass is 10.0. The second kappa shape index (κ2) is 12.6. The number of amides is 2. The highest BCUT2D eigenvalue weighted by Gasteiger charge is 2.32. The summed E-state index contributed by atoms with van der Waals surface area (Å²) in [6.45, 7) is 2.22. The zero-order chi connectivity index (χ0) is 27.0. The van der Waals surface area contributed by atoms with Gasteiger partial charge in [0.1, 0.15) is 11.8 Å². The van der Waals surface area contributed by atoms with Crippen LogP contribution in [-0.4, -0.2) is 35.4 Å². The first kappa shape index (κ1) is 26.5. The number of carbonyl (C=O) groups is 2. The lowest BCUT2D eigenvalue weighted by Crippen LogP contribution is -2.53. The van der Waals surface area contributed by atoms with E-state index in [4.69, 9.17) is 4.74 Å². The molecule has 1 aliphatic rings. The molecule has 1 unspecified atom stereocenters. The quantitative estimate of drug-likeness (QED) is 0.270. The van der Waals surface area contributed by atoms with Gasteiger partial charge in [-0.1, -0.05) is 109 Å². The van der Waals surface area contributed by atoms with Crippen molar-refractivity contribution >= 4 is 22.6 Å². The molecule has 4 aromatic carbocycles. The molecule has 5 heteroatoms. The molecule has 1 saturated carbocycles. The van der Waals surface area contributed by atoms with E-state index in [1.54, 1.807) is 4.90 Å². The zero-order valence-electron chi connectivity index (χ0n) is 22.5. The Hall–Kier alpha value is -4.12. The summed E-state index contributed by atoms with van der Waals surface area (Å²) in [5.74, 6) is 0.342. The summed E-state index contributed by atoms with van der Waals surface area (Å²) >= 11 is 0. The van der Waals surface area contributed by atoms with Crippen LogP contribution < -0.4 is 10.1 Å². The molecule has 5 nitrogen and oxygen atoms in total. The Morgan fingerprint density at radius 3 is 2.31 bits per heavy atom. The maximum atomic E-state index is 13.9. The Kier molecular flexibility index (Phi) is 8.57. The number of ether oxygens (including phenoxy) is 1. The monoisotopic (exact) mass is 520 g/mol. The van der Waals surface area contributed by atoms with Gasteiger partial charge in [-0.15, -0.1) is 0 Å². The van der Waals surface area contributed by atoms with Crippen LogP contribution in [0.1, 0.15) is 42.4 Å². The Morgan fingerprint density at radius 1 is 0.846 bits per heavy atom. The van der Waals surface area contributed by atoms with Crippen molar-refractivity contribution in [2.45, 2.75) is 57.7 Å².